The van der Waals surface area contributed by atoms with Crippen molar-refractivity contribution in [2.75, 3.05) is 0 Å². The van der Waals surface area contributed by atoms with Crippen molar-refractivity contribution >= 4 is 19.2 Å². The van der Waals surface area contributed by atoms with Crippen molar-refractivity contribution in [3.05, 3.63) is 126 Å². The minimum absolute atomic E-state index is 0. The van der Waals surface area contributed by atoms with Crippen LogP contribution in [0.5, 0.6) is 0 Å². The zero-order valence-electron chi connectivity index (χ0n) is 23.1. The van der Waals surface area contributed by atoms with Crippen molar-refractivity contribution in [2.45, 2.75) is 54.5 Å². The van der Waals surface area contributed by atoms with Gasteiger partial charge in [0.2, 0.25) is 0 Å². The molecule has 4 aromatic rings. The van der Waals surface area contributed by atoms with E-state index in [9.17, 15) is 0 Å². The van der Waals surface area contributed by atoms with E-state index in [0.717, 1.165) is 6.04 Å². The summed E-state index contributed by atoms with van der Waals surface area (Å²) in [7, 11) is -1.52. The SMILES string of the molecule is Cc1cccc(C)c1[SiH](C[c-]1c(C)c(C)c(C)c1-c1ccccc1)c1c(C)cccc1C.[CH3-].[CH3-].[Ti+3]. The second-order valence-electron chi connectivity index (χ2n) is 9.46. The van der Waals surface area contributed by atoms with E-state index >= 15 is 0 Å². The standard InChI is InChI=1S/C31H35Si.2CH3.Ti/c1-20-13-11-14-21(2)30(20)32(31-22(3)15-12-16-23(31)4)19-28-25(6)24(5)26(7)29(28)27-17-9-8-10-18-27;;;/h8-18,32H,19H2,1-7H3;2*1H3;/q3*-1;+3. The topological polar surface area (TPSA) is 0 Å². The Kier molecular flexibility index (Phi) is 11.3. The van der Waals surface area contributed by atoms with Crippen molar-refractivity contribution in [1.82, 2.24) is 0 Å². The first-order valence-corrected chi connectivity index (χ1v) is 13.7. The van der Waals surface area contributed by atoms with Gasteiger partial charge in [-0.1, -0.05) is 132 Å². The summed E-state index contributed by atoms with van der Waals surface area (Å²) in [5, 5.41) is 3.25. The Morgan fingerprint density at radius 1 is 0.571 bits per heavy atom. The molecular weight excluding hydrogens is 472 g/mol. The molecule has 35 heavy (non-hydrogen) atoms. The van der Waals surface area contributed by atoms with Crippen LogP contribution in [0.25, 0.3) is 11.1 Å². The van der Waals surface area contributed by atoms with E-state index in [-0.39, 0.29) is 36.6 Å². The van der Waals surface area contributed by atoms with Crippen LogP contribution in [0.3, 0.4) is 0 Å². The smallest absolute Gasteiger partial charge is 0.358 e. The summed E-state index contributed by atoms with van der Waals surface area (Å²) in [5.74, 6) is 0. The van der Waals surface area contributed by atoms with Crippen molar-refractivity contribution in [1.29, 1.82) is 0 Å². The van der Waals surface area contributed by atoms with Crippen LogP contribution >= 0.6 is 0 Å². The van der Waals surface area contributed by atoms with Gasteiger partial charge >= 0.3 is 21.7 Å². The first-order valence-electron chi connectivity index (χ1n) is 11.7. The van der Waals surface area contributed by atoms with Gasteiger partial charge in [0.25, 0.3) is 0 Å². The number of benzene rings is 3. The average Bonchev–Trinajstić information content (AvgIpc) is 2.97. The van der Waals surface area contributed by atoms with Crippen molar-refractivity contribution in [2.24, 2.45) is 0 Å². The van der Waals surface area contributed by atoms with Crippen molar-refractivity contribution in [3.8, 4) is 11.1 Å². The molecule has 4 aromatic carbocycles. The van der Waals surface area contributed by atoms with Crippen LogP contribution in [-0.2, 0) is 27.8 Å². The minimum Gasteiger partial charge on any atom is -0.358 e. The Morgan fingerprint density at radius 3 is 1.43 bits per heavy atom. The van der Waals surface area contributed by atoms with Crippen molar-refractivity contribution < 1.29 is 21.7 Å². The molecule has 0 nitrogen and oxygen atoms in total. The first-order chi connectivity index (χ1) is 15.3. The summed E-state index contributed by atoms with van der Waals surface area (Å²) >= 11 is 0. The maximum atomic E-state index is 2.34. The van der Waals surface area contributed by atoms with Gasteiger partial charge in [-0.25, -0.2) is 0 Å². The van der Waals surface area contributed by atoms with Crippen LogP contribution in [0.15, 0.2) is 66.7 Å². The molecule has 0 bridgehead atoms. The molecule has 0 spiro atoms. The number of aryl methyl sites for hydroxylation is 4. The maximum Gasteiger partial charge on any atom is 3.00 e. The fourth-order valence-electron chi connectivity index (χ4n) is 5.67. The number of hydrogen-bond donors (Lipinski definition) is 0. The van der Waals surface area contributed by atoms with Crippen LogP contribution < -0.4 is 10.4 Å². The van der Waals surface area contributed by atoms with Gasteiger partial charge in [0.15, 0.2) is 0 Å². The number of rotatable bonds is 5. The zero-order chi connectivity index (χ0) is 23.0. The summed E-state index contributed by atoms with van der Waals surface area (Å²) in [6, 6.07) is 25.8. The van der Waals surface area contributed by atoms with Crippen LogP contribution in [0.4, 0.5) is 0 Å². The Morgan fingerprint density at radius 2 is 1.00 bits per heavy atom. The summed E-state index contributed by atoms with van der Waals surface area (Å²) in [5.41, 5.74) is 14.6. The molecule has 0 fully saturated rings. The predicted octanol–water partition coefficient (Wildman–Crippen LogP) is 7.25. The normalized spacial score (nSPS) is 10.4. The molecule has 181 valence electrons. The van der Waals surface area contributed by atoms with Gasteiger partial charge in [0.05, 0.1) is 8.80 Å². The Labute approximate surface area is 231 Å². The third-order valence-electron chi connectivity index (χ3n) is 7.51. The molecule has 2 heteroatoms. The quantitative estimate of drug-likeness (QED) is 0.195. The molecule has 4 rings (SSSR count). The summed E-state index contributed by atoms with van der Waals surface area (Å²) < 4.78 is 0. The van der Waals surface area contributed by atoms with E-state index in [1.807, 2.05) is 0 Å². The van der Waals surface area contributed by atoms with Gasteiger partial charge in [0.1, 0.15) is 0 Å². The van der Waals surface area contributed by atoms with Gasteiger partial charge in [-0.15, -0.1) is 16.7 Å². The Balaban J connectivity index is 0.00000204. The van der Waals surface area contributed by atoms with Gasteiger partial charge in [-0.3, -0.25) is 0 Å². The molecular formula is C33H41SiTi. The van der Waals surface area contributed by atoms with E-state index in [0.29, 0.717) is 0 Å². The largest absolute Gasteiger partial charge is 3.00 e. The molecule has 0 aliphatic carbocycles. The third kappa shape index (κ3) is 5.85. The van der Waals surface area contributed by atoms with Crippen LogP contribution in [-0.4, -0.2) is 8.80 Å². The van der Waals surface area contributed by atoms with E-state index in [1.54, 1.807) is 15.9 Å². The van der Waals surface area contributed by atoms with Crippen LogP contribution in [0.1, 0.15) is 44.5 Å². The van der Waals surface area contributed by atoms with Gasteiger partial charge in [-0.05, 0) is 27.7 Å². The monoisotopic (exact) mass is 513 g/mol. The average molecular weight is 514 g/mol. The molecule has 0 saturated heterocycles. The summed E-state index contributed by atoms with van der Waals surface area (Å²) in [4.78, 5) is 0. The fraction of sp³-hybridized carbons (Fsp3) is 0.242. The first kappa shape index (κ1) is 31.0. The third-order valence-corrected chi connectivity index (χ3v) is 11.5. The second-order valence-corrected chi connectivity index (χ2v) is 12.1. The van der Waals surface area contributed by atoms with Crippen LogP contribution in [0.2, 0.25) is 0 Å². The van der Waals surface area contributed by atoms with Crippen LogP contribution in [0, 0.1) is 63.3 Å². The molecule has 1 radical (unpaired) electrons. The Bertz CT molecular complexity index is 1170. The molecule has 0 N–H and O–H groups in total. The minimum atomic E-state index is -1.52. The molecule has 0 aliphatic heterocycles. The second kappa shape index (κ2) is 12.8. The number of hydrogen-bond acceptors (Lipinski definition) is 0. The van der Waals surface area contributed by atoms with E-state index in [2.05, 4.69) is 115 Å². The van der Waals surface area contributed by atoms with Gasteiger partial charge in [0, 0.05) is 0 Å². The van der Waals surface area contributed by atoms with Gasteiger partial charge < -0.3 is 14.9 Å². The Hall–Kier alpha value is -2.06. The van der Waals surface area contributed by atoms with Gasteiger partial charge in [-0.2, -0.15) is 11.1 Å². The van der Waals surface area contributed by atoms with E-state index in [4.69, 9.17) is 0 Å². The molecule has 0 aliphatic rings. The maximum absolute atomic E-state index is 2.34. The van der Waals surface area contributed by atoms with E-state index in [1.165, 1.54) is 50.1 Å². The van der Waals surface area contributed by atoms with Crippen molar-refractivity contribution in [3.63, 3.8) is 0 Å². The molecule has 0 atom stereocenters. The predicted molar refractivity (Wildman–Crippen MR) is 156 cm³/mol. The molecule has 0 amide bonds. The zero-order valence-corrected chi connectivity index (χ0v) is 25.9. The van der Waals surface area contributed by atoms with E-state index < -0.39 is 8.80 Å². The summed E-state index contributed by atoms with van der Waals surface area (Å²) in [6.45, 7) is 16.2. The molecule has 0 saturated carbocycles. The molecule has 0 aromatic heterocycles. The summed E-state index contributed by atoms with van der Waals surface area (Å²) in [6.07, 6.45) is 0. The fourth-order valence-corrected chi connectivity index (χ4v) is 9.87. The molecule has 0 heterocycles. The molecule has 0 unspecified atom stereocenters.